The monoisotopic (exact) mass is 474 g/mol. The van der Waals surface area contributed by atoms with Gasteiger partial charge in [0.25, 0.3) is 5.91 Å². The number of hydrogen-bond donors (Lipinski definition) is 1. The second-order valence-electron chi connectivity index (χ2n) is 9.43. The zero-order chi connectivity index (χ0) is 24.6. The van der Waals surface area contributed by atoms with Crippen LogP contribution in [0.15, 0.2) is 113 Å². The smallest absolute Gasteiger partial charge is 0.259 e. The zero-order valence-electron chi connectivity index (χ0n) is 20.0. The van der Waals surface area contributed by atoms with Gasteiger partial charge in [-0.1, -0.05) is 60.2 Å². The molecule has 1 aliphatic carbocycles. The number of nitrogens with zero attached hydrogens (tertiary/aromatic N) is 1. The van der Waals surface area contributed by atoms with Crippen molar-refractivity contribution in [3.05, 3.63) is 131 Å². The van der Waals surface area contributed by atoms with Crippen LogP contribution >= 0.6 is 0 Å². The third-order valence-corrected chi connectivity index (χ3v) is 7.07. The van der Waals surface area contributed by atoms with Crippen LogP contribution in [0.4, 0.5) is 11.4 Å². The van der Waals surface area contributed by atoms with Crippen LogP contribution in [0.2, 0.25) is 0 Å². The Morgan fingerprint density at radius 3 is 2.39 bits per heavy atom. The number of carbonyl (C=O) groups is 2. The van der Waals surface area contributed by atoms with Crippen molar-refractivity contribution < 1.29 is 14.0 Å². The number of aryl methyl sites for hydroxylation is 1. The molecule has 2 heterocycles. The molecule has 2 atom stereocenters. The molecule has 0 fully saturated rings. The molecule has 0 unspecified atom stereocenters. The molecule has 1 amide bonds. The van der Waals surface area contributed by atoms with Gasteiger partial charge in [0.1, 0.15) is 5.76 Å². The van der Waals surface area contributed by atoms with Crippen molar-refractivity contribution in [2.75, 3.05) is 10.2 Å². The standard InChI is InChI=1S/C31H26N2O3/c1-20-13-15-22(16-14-20)31(35)33-26-11-6-5-10-24(26)32-25-18-23(28-12-7-17-36-28)19-27(34)29(25)30(33)21-8-3-2-4-9-21/h2-17,23,30,32H,18-19H2,1H3/t23-,30+/m0/s1. The molecular formula is C31H26N2O3. The Balaban J connectivity index is 1.56. The lowest BCUT2D eigenvalue weighted by Crippen LogP contribution is -2.38. The van der Waals surface area contributed by atoms with E-state index in [0.717, 1.165) is 34.0 Å². The molecule has 0 radical (unpaired) electrons. The molecule has 1 aromatic heterocycles. The predicted molar refractivity (Wildman–Crippen MR) is 140 cm³/mol. The fourth-order valence-electron chi connectivity index (χ4n) is 5.32. The Morgan fingerprint density at radius 1 is 0.889 bits per heavy atom. The molecule has 5 nitrogen and oxygen atoms in total. The van der Waals surface area contributed by atoms with E-state index in [0.29, 0.717) is 24.0 Å². The number of benzene rings is 3. The molecular weight excluding hydrogens is 448 g/mol. The van der Waals surface area contributed by atoms with E-state index >= 15 is 0 Å². The number of amides is 1. The zero-order valence-corrected chi connectivity index (χ0v) is 20.0. The molecule has 5 heteroatoms. The van der Waals surface area contributed by atoms with Gasteiger partial charge in [0.15, 0.2) is 5.78 Å². The summed E-state index contributed by atoms with van der Waals surface area (Å²) >= 11 is 0. The van der Waals surface area contributed by atoms with Crippen LogP contribution in [0.5, 0.6) is 0 Å². The normalized spacial score (nSPS) is 19.2. The van der Waals surface area contributed by atoms with Crippen molar-refractivity contribution in [1.82, 2.24) is 0 Å². The molecule has 0 bridgehead atoms. The molecule has 178 valence electrons. The molecule has 0 saturated carbocycles. The second kappa shape index (κ2) is 9.00. The van der Waals surface area contributed by atoms with Crippen molar-refractivity contribution >= 4 is 23.1 Å². The van der Waals surface area contributed by atoms with Crippen LogP contribution in [0.1, 0.15) is 52.0 Å². The first-order valence-corrected chi connectivity index (χ1v) is 12.2. The highest BCUT2D eigenvalue weighted by atomic mass is 16.3. The van der Waals surface area contributed by atoms with Gasteiger partial charge >= 0.3 is 0 Å². The molecule has 36 heavy (non-hydrogen) atoms. The largest absolute Gasteiger partial charge is 0.469 e. The lowest BCUT2D eigenvalue weighted by Gasteiger charge is -2.35. The average Bonchev–Trinajstić information content (AvgIpc) is 3.39. The summed E-state index contributed by atoms with van der Waals surface area (Å²) < 4.78 is 5.67. The fraction of sp³-hybridized carbons (Fsp3) is 0.161. The summed E-state index contributed by atoms with van der Waals surface area (Å²) in [5, 5.41) is 3.55. The molecule has 6 rings (SSSR count). The Hall–Kier alpha value is -4.38. The fourth-order valence-corrected chi connectivity index (χ4v) is 5.32. The molecule has 0 spiro atoms. The van der Waals surface area contributed by atoms with E-state index < -0.39 is 6.04 Å². The van der Waals surface area contributed by atoms with Crippen molar-refractivity contribution in [3.63, 3.8) is 0 Å². The number of hydrogen-bond acceptors (Lipinski definition) is 4. The number of nitrogens with one attached hydrogen (secondary N) is 1. The average molecular weight is 475 g/mol. The maximum absolute atomic E-state index is 14.2. The summed E-state index contributed by atoms with van der Waals surface area (Å²) in [7, 11) is 0. The quantitative estimate of drug-likeness (QED) is 0.355. The van der Waals surface area contributed by atoms with E-state index in [4.69, 9.17) is 4.42 Å². The summed E-state index contributed by atoms with van der Waals surface area (Å²) in [6.07, 6.45) is 2.60. The van der Waals surface area contributed by atoms with Gasteiger partial charge < -0.3 is 9.73 Å². The number of furan rings is 1. The maximum atomic E-state index is 14.2. The first-order valence-electron chi connectivity index (χ1n) is 12.2. The van der Waals surface area contributed by atoms with Gasteiger partial charge in [0.2, 0.25) is 0 Å². The van der Waals surface area contributed by atoms with Gasteiger partial charge in [-0.25, -0.2) is 0 Å². The van der Waals surface area contributed by atoms with Crippen LogP contribution in [-0.4, -0.2) is 11.7 Å². The molecule has 3 aromatic carbocycles. The van der Waals surface area contributed by atoms with E-state index in [-0.39, 0.29) is 17.6 Å². The summed E-state index contributed by atoms with van der Waals surface area (Å²) in [5.74, 6) is 0.626. The van der Waals surface area contributed by atoms with E-state index in [2.05, 4.69) is 5.32 Å². The lowest BCUT2D eigenvalue weighted by molar-refractivity contribution is -0.116. The van der Waals surface area contributed by atoms with Crippen LogP contribution in [0.25, 0.3) is 0 Å². The number of para-hydroxylation sites is 2. The second-order valence-corrected chi connectivity index (χ2v) is 9.43. The van der Waals surface area contributed by atoms with E-state index in [9.17, 15) is 9.59 Å². The Morgan fingerprint density at radius 2 is 1.64 bits per heavy atom. The SMILES string of the molecule is Cc1ccc(C(=O)N2c3ccccc3NC3=C(C(=O)C[C@@H](c4ccco4)C3)[C@H]2c2ccccc2)cc1. The highest BCUT2D eigenvalue weighted by Gasteiger charge is 2.42. The Labute approximate surface area is 210 Å². The van der Waals surface area contributed by atoms with Gasteiger partial charge in [-0.15, -0.1) is 0 Å². The number of Topliss-reactive ketones (excluding diaryl/α,β-unsaturated/α-hetero) is 1. The molecule has 1 aliphatic heterocycles. The highest BCUT2D eigenvalue weighted by molar-refractivity contribution is 6.12. The molecule has 0 saturated heterocycles. The third-order valence-electron chi connectivity index (χ3n) is 7.07. The van der Waals surface area contributed by atoms with E-state index in [1.165, 1.54) is 0 Å². The highest BCUT2D eigenvalue weighted by Crippen LogP contribution is 2.47. The van der Waals surface area contributed by atoms with E-state index in [1.54, 1.807) is 11.2 Å². The minimum atomic E-state index is -0.559. The van der Waals surface area contributed by atoms with Crippen molar-refractivity contribution in [2.24, 2.45) is 0 Å². The van der Waals surface area contributed by atoms with Crippen LogP contribution < -0.4 is 10.2 Å². The number of allylic oxidation sites excluding steroid dienone is 1. The number of fused-ring (bicyclic) bond motifs is 1. The summed E-state index contributed by atoms with van der Waals surface area (Å²) in [6.45, 7) is 2.00. The molecule has 1 N–H and O–H groups in total. The minimum Gasteiger partial charge on any atom is -0.469 e. The van der Waals surface area contributed by atoms with Crippen LogP contribution in [0, 0.1) is 6.92 Å². The van der Waals surface area contributed by atoms with Crippen molar-refractivity contribution in [2.45, 2.75) is 31.7 Å². The van der Waals surface area contributed by atoms with Crippen molar-refractivity contribution in [1.29, 1.82) is 0 Å². The van der Waals surface area contributed by atoms with Gasteiger partial charge in [-0.2, -0.15) is 0 Å². The van der Waals surface area contributed by atoms with Crippen molar-refractivity contribution in [3.8, 4) is 0 Å². The first-order chi connectivity index (χ1) is 17.6. The molecule has 4 aromatic rings. The van der Waals surface area contributed by atoms with Crippen LogP contribution in [0.3, 0.4) is 0 Å². The van der Waals surface area contributed by atoms with Crippen LogP contribution in [-0.2, 0) is 4.79 Å². The van der Waals surface area contributed by atoms with E-state index in [1.807, 2.05) is 97.9 Å². The Bertz CT molecular complexity index is 1450. The summed E-state index contributed by atoms with van der Waals surface area (Å²) in [4.78, 5) is 29.9. The van der Waals surface area contributed by atoms with Gasteiger partial charge in [-0.05, 0) is 55.3 Å². The summed E-state index contributed by atoms with van der Waals surface area (Å²) in [6, 6.07) is 28.4. The van der Waals surface area contributed by atoms with Gasteiger partial charge in [0, 0.05) is 29.2 Å². The number of carbonyl (C=O) groups excluding carboxylic acids is 2. The number of anilines is 2. The minimum absolute atomic E-state index is 0.0218. The summed E-state index contributed by atoms with van der Waals surface area (Å²) in [5.41, 5.74) is 5.59. The predicted octanol–water partition coefficient (Wildman–Crippen LogP) is 6.80. The molecule has 2 aliphatic rings. The lowest BCUT2D eigenvalue weighted by atomic mass is 9.80. The van der Waals surface area contributed by atoms with Gasteiger partial charge in [0.05, 0.1) is 23.7 Å². The Kier molecular flexibility index (Phi) is 5.53. The topological polar surface area (TPSA) is 62.6 Å². The van der Waals surface area contributed by atoms with Gasteiger partial charge in [-0.3, -0.25) is 14.5 Å². The first kappa shape index (κ1) is 22.1. The third kappa shape index (κ3) is 3.83. The number of ketones is 1. The maximum Gasteiger partial charge on any atom is 0.259 e. The number of rotatable bonds is 3.